The van der Waals surface area contributed by atoms with Crippen LogP contribution in [0.4, 0.5) is 19.0 Å². The van der Waals surface area contributed by atoms with Crippen LogP contribution in [0.1, 0.15) is 12.0 Å². The highest BCUT2D eigenvalue weighted by Crippen LogP contribution is 2.36. The molecule has 0 saturated carbocycles. The summed E-state index contributed by atoms with van der Waals surface area (Å²) >= 11 is 0. The van der Waals surface area contributed by atoms with Gasteiger partial charge in [0.15, 0.2) is 17.3 Å². The summed E-state index contributed by atoms with van der Waals surface area (Å²) in [4.78, 5) is 8.60. The number of aromatic nitrogens is 4. The first-order chi connectivity index (χ1) is 13.3. The van der Waals surface area contributed by atoms with Gasteiger partial charge in [-0.3, -0.25) is 4.40 Å². The molecule has 10 heteroatoms. The molecule has 3 heterocycles. The number of fused-ring (bicyclic) bond motifs is 1. The second kappa shape index (κ2) is 6.62. The van der Waals surface area contributed by atoms with Crippen molar-refractivity contribution in [1.82, 2.24) is 24.5 Å². The van der Waals surface area contributed by atoms with Crippen LogP contribution in [-0.4, -0.2) is 62.8 Å². The third-order valence-corrected chi connectivity index (χ3v) is 5.12. The van der Waals surface area contributed by atoms with Gasteiger partial charge in [0.05, 0.1) is 11.1 Å². The van der Waals surface area contributed by atoms with Gasteiger partial charge in [-0.15, -0.1) is 10.2 Å². The van der Waals surface area contributed by atoms with Crippen molar-refractivity contribution in [3.8, 4) is 17.1 Å². The zero-order chi connectivity index (χ0) is 20.1. The fourth-order valence-corrected chi connectivity index (χ4v) is 3.54. The Labute approximate surface area is 159 Å². The number of hydrogen-bond donors (Lipinski definition) is 1. The highest BCUT2D eigenvalue weighted by Gasteiger charge is 2.32. The predicted molar refractivity (Wildman–Crippen MR) is 97.2 cm³/mol. The average molecular weight is 392 g/mol. The van der Waals surface area contributed by atoms with Gasteiger partial charge >= 0.3 is 6.18 Å². The molecule has 1 saturated heterocycles. The number of alkyl halides is 3. The molecule has 0 aliphatic carbocycles. The number of phenolic OH excluding ortho intramolecular Hbond substituents is 1. The molecule has 1 atom stereocenters. The fourth-order valence-electron chi connectivity index (χ4n) is 3.54. The van der Waals surface area contributed by atoms with Gasteiger partial charge < -0.3 is 14.9 Å². The second-order valence-corrected chi connectivity index (χ2v) is 7.01. The molecule has 0 bridgehead atoms. The first kappa shape index (κ1) is 18.5. The van der Waals surface area contributed by atoms with Crippen LogP contribution >= 0.6 is 0 Å². The van der Waals surface area contributed by atoms with Crippen LogP contribution in [0, 0.1) is 0 Å². The van der Waals surface area contributed by atoms with Crippen LogP contribution < -0.4 is 4.90 Å². The molecule has 1 aliphatic heterocycles. The second-order valence-electron chi connectivity index (χ2n) is 7.01. The Morgan fingerprint density at radius 2 is 2.04 bits per heavy atom. The number of phenols is 1. The fraction of sp³-hybridized carbons (Fsp3) is 0.389. The van der Waals surface area contributed by atoms with Crippen molar-refractivity contribution in [2.24, 2.45) is 0 Å². The van der Waals surface area contributed by atoms with Gasteiger partial charge in [0.1, 0.15) is 5.75 Å². The molecular weight excluding hydrogens is 373 g/mol. The molecule has 0 radical (unpaired) electrons. The SMILES string of the molecule is CN1CC[C@@H](N(C)c2nnc(-c3ccc(C(F)(F)F)cc3O)n3ccnc23)C1. The average Bonchev–Trinajstić information content (AvgIpc) is 3.29. The Bertz CT molecular complexity index is 1020. The molecule has 1 aromatic carbocycles. The number of imidazole rings is 1. The Morgan fingerprint density at radius 3 is 2.68 bits per heavy atom. The van der Waals surface area contributed by atoms with Crippen molar-refractivity contribution in [3.05, 3.63) is 36.2 Å². The van der Waals surface area contributed by atoms with E-state index < -0.39 is 17.5 Å². The Kier molecular flexibility index (Phi) is 4.37. The van der Waals surface area contributed by atoms with Crippen LogP contribution in [0.25, 0.3) is 17.0 Å². The number of nitrogens with zero attached hydrogens (tertiary/aromatic N) is 6. The molecule has 148 valence electrons. The van der Waals surface area contributed by atoms with Gasteiger partial charge in [-0.05, 0) is 38.2 Å². The molecule has 1 aliphatic rings. The molecule has 28 heavy (non-hydrogen) atoms. The summed E-state index contributed by atoms with van der Waals surface area (Å²) in [5.41, 5.74) is -0.245. The molecule has 0 spiro atoms. The number of halogens is 3. The van der Waals surface area contributed by atoms with E-state index in [0.29, 0.717) is 17.5 Å². The van der Waals surface area contributed by atoms with Gasteiger partial charge in [-0.1, -0.05) is 0 Å². The van der Waals surface area contributed by atoms with Gasteiger partial charge in [-0.2, -0.15) is 13.2 Å². The third-order valence-electron chi connectivity index (χ3n) is 5.12. The molecule has 0 amide bonds. The highest BCUT2D eigenvalue weighted by molar-refractivity contribution is 5.71. The number of hydrogen-bond acceptors (Lipinski definition) is 6. The summed E-state index contributed by atoms with van der Waals surface area (Å²) in [7, 11) is 3.99. The van der Waals surface area contributed by atoms with Crippen LogP contribution in [-0.2, 0) is 6.18 Å². The van der Waals surface area contributed by atoms with Gasteiger partial charge in [0, 0.05) is 32.0 Å². The molecule has 0 unspecified atom stereocenters. The lowest BCUT2D eigenvalue weighted by atomic mass is 10.1. The number of likely N-dealkylation sites (tertiary alicyclic amines) is 1. The van der Waals surface area contributed by atoms with Crippen molar-refractivity contribution >= 4 is 11.5 Å². The van der Waals surface area contributed by atoms with Gasteiger partial charge in [-0.25, -0.2) is 4.98 Å². The number of anilines is 1. The van der Waals surface area contributed by atoms with Crippen molar-refractivity contribution in [3.63, 3.8) is 0 Å². The largest absolute Gasteiger partial charge is 0.507 e. The van der Waals surface area contributed by atoms with Crippen LogP contribution in [0.5, 0.6) is 5.75 Å². The van der Waals surface area contributed by atoms with Gasteiger partial charge in [0.2, 0.25) is 0 Å². The first-order valence-electron chi connectivity index (χ1n) is 8.77. The Balaban J connectivity index is 1.76. The molecule has 4 rings (SSSR count). The molecule has 2 aromatic heterocycles. The minimum atomic E-state index is -4.53. The van der Waals surface area contributed by atoms with Crippen molar-refractivity contribution < 1.29 is 18.3 Å². The number of aromatic hydroxyl groups is 1. The molecule has 1 N–H and O–H groups in total. The number of likely N-dealkylation sites (N-methyl/N-ethyl adjacent to an activating group) is 2. The minimum absolute atomic E-state index is 0.151. The quantitative estimate of drug-likeness (QED) is 0.739. The third kappa shape index (κ3) is 3.13. The highest BCUT2D eigenvalue weighted by atomic mass is 19.4. The van der Waals surface area contributed by atoms with Gasteiger partial charge in [0.25, 0.3) is 0 Å². The summed E-state index contributed by atoms with van der Waals surface area (Å²) in [6, 6.07) is 3.06. The minimum Gasteiger partial charge on any atom is -0.507 e. The van der Waals surface area contributed by atoms with E-state index in [-0.39, 0.29) is 17.4 Å². The zero-order valence-corrected chi connectivity index (χ0v) is 15.3. The van der Waals surface area contributed by atoms with Crippen molar-refractivity contribution in [2.45, 2.75) is 18.6 Å². The summed E-state index contributed by atoms with van der Waals surface area (Å²) in [5.74, 6) is 0.289. The normalized spacial score (nSPS) is 18.1. The monoisotopic (exact) mass is 392 g/mol. The van der Waals surface area contributed by atoms with E-state index >= 15 is 0 Å². The van der Waals surface area contributed by atoms with E-state index in [1.807, 2.05) is 11.9 Å². The maximum absolute atomic E-state index is 12.9. The summed E-state index contributed by atoms with van der Waals surface area (Å²) in [6.45, 7) is 1.89. The van der Waals surface area contributed by atoms with E-state index in [1.54, 1.807) is 16.8 Å². The van der Waals surface area contributed by atoms with E-state index in [0.717, 1.165) is 25.6 Å². The lowest BCUT2D eigenvalue weighted by Gasteiger charge is -2.25. The number of benzene rings is 1. The van der Waals surface area contributed by atoms with E-state index in [1.165, 1.54) is 6.07 Å². The van der Waals surface area contributed by atoms with Crippen LogP contribution in [0.2, 0.25) is 0 Å². The number of rotatable bonds is 3. The summed E-state index contributed by atoms with van der Waals surface area (Å²) in [6.07, 6.45) is -0.327. The molecular formula is C18H19F3N6O. The maximum atomic E-state index is 12.9. The lowest BCUT2D eigenvalue weighted by Crippen LogP contribution is -2.35. The zero-order valence-electron chi connectivity index (χ0n) is 15.3. The van der Waals surface area contributed by atoms with Crippen LogP contribution in [0.15, 0.2) is 30.6 Å². The van der Waals surface area contributed by atoms with E-state index in [2.05, 4.69) is 27.1 Å². The lowest BCUT2D eigenvalue weighted by molar-refractivity contribution is -0.137. The molecule has 3 aromatic rings. The van der Waals surface area contributed by atoms with E-state index in [4.69, 9.17) is 0 Å². The first-order valence-corrected chi connectivity index (χ1v) is 8.77. The maximum Gasteiger partial charge on any atom is 0.416 e. The smallest absolute Gasteiger partial charge is 0.416 e. The summed E-state index contributed by atoms with van der Waals surface area (Å²) < 4.78 is 40.2. The predicted octanol–water partition coefficient (Wildman–Crippen LogP) is 2.66. The van der Waals surface area contributed by atoms with E-state index in [9.17, 15) is 18.3 Å². The Hall–Kier alpha value is -2.88. The standard InChI is InChI=1S/C18H19F3N6O/c1-25-7-5-12(10-25)26(2)17-16-22-6-8-27(16)15(23-24-17)13-4-3-11(9-14(13)28)18(19,20)21/h3-4,6,8-9,12,28H,5,7,10H2,1-2H3/t12-/m1/s1. The van der Waals surface area contributed by atoms with Crippen LogP contribution in [0.3, 0.4) is 0 Å². The molecule has 1 fully saturated rings. The topological polar surface area (TPSA) is 69.8 Å². The van der Waals surface area contributed by atoms with Crippen molar-refractivity contribution in [1.29, 1.82) is 0 Å². The Morgan fingerprint density at radius 1 is 1.25 bits per heavy atom. The molecule has 7 nitrogen and oxygen atoms in total. The summed E-state index contributed by atoms with van der Waals surface area (Å²) in [5, 5.41) is 18.6. The van der Waals surface area contributed by atoms with Crippen molar-refractivity contribution in [2.75, 3.05) is 32.1 Å².